The molecule has 0 saturated carbocycles. The number of benzene rings is 1. The third-order valence-electron chi connectivity index (χ3n) is 1.47. The maximum absolute atomic E-state index is 5.40. The molecule has 1 aliphatic rings. The summed E-state index contributed by atoms with van der Waals surface area (Å²) in [5, 5.41) is 0. The van der Waals surface area contributed by atoms with Crippen LogP contribution in [0.1, 0.15) is 0 Å². The lowest BCUT2D eigenvalue weighted by molar-refractivity contribution is 0.178. The fourth-order valence-corrected chi connectivity index (χ4v) is 0.939. The molecule has 4 nitrogen and oxygen atoms in total. The van der Waals surface area contributed by atoms with Crippen molar-refractivity contribution in [3.8, 4) is 5.75 Å². The lowest BCUT2D eigenvalue weighted by Crippen LogP contribution is -2.35. The van der Waals surface area contributed by atoms with Gasteiger partial charge in [-0.3, -0.25) is 0 Å². The summed E-state index contributed by atoms with van der Waals surface area (Å²) >= 11 is 0. The summed E-state index contributed by atoms with van der Waals surface area (Å²) in [5.41, 5.74) is 5.54. The third kappa shape index (κ3) is 1.54. The summed E-state index contributed by atoms with van der Waals surface area (Å²) in [6.07, 6.45) is 1.25. The van der Waals surface area contributed by atoms with E-state index in [2.05, 4.69) is 15.8 Å². The van der Waals surface area contributed by atoms with Crippen LogP contribution >= 0.6 is 0 Å². The smallest absolute Gasteiger partial charge is 0.264 e. The number of hydrazine groups is 1. The number of nitrogens with zero attached hydrogens (tertiary/aromatic N) is 1. The number of rotatable bonds is 2. The molecule has 1 aromatic carbocycles. The van der Waals surface area contributed by atoms with Crippen molar-refractivity contribution < 1.29 is 4.74 Å². The van der Waals surface area contributed by atoms with Gasteiger partial charge in [-0.1, -0.05) is 18.2 Å². The Hall–Kier alpha value is -1.55. The first-order chi connectivity index (χ1) is 5.95. The molecule has 0 saturated heterocycles. The van der Waals surface area contributed by atoms with E-state index >= 15 is 0 Å². The zero-order chi connectivity index (χ0) is 8.23. The quantitative estimate of drug-likeness (QED) is 0.666. The van der Waals surface area contributed by atoms with Crippen LogP contribution in [-0.4, -0.2) is 12.7 Å². The predicted molar refractivity (Wildman–Crippen MR) is 45.6 cm³/mol. The number of para-hydroxylation sites is 1. The SMILES string of the molecule is C1=NC(Oc2ccccc2)NN1. The Kier molecular flexibility index (Phi) is 1.92. The van der Waals surface area contributed by atoms with Gasteiger partial charge in [-0.05, 0) is 12.1 Å². The van der Waals surface area contributed by atoms with Gasteiger partial charge in [0.1, 0.15) is 12.1 Å². The molecule has 0 fully saturated rings. The van der Waals surface area contributed by atoms with E-state index in [1.54, 1.807) is 6.34 Å². The number of hydrogen-bond acceptors (Lipinski definition) is 4. The molecule has 0 spiro atoms. The van der Waals surface area contributed by atoms with Crippen molar-refractivity contribution in [1.82, 2.24) is 10.9 Å². The second kappa shape index (κ2) is 3.23. The number of hydrogen-bond donors (Lipinski definition) is 2. The Morgan fingerprint density at radius 1 is 1.25 bits per heavy atom. The molecule has 0 amide bonds. The molecule has 0 aromatic heterocycles. The highest BCUT2D eigenvalue weighted by molar-refractivity contribution is 5.55. The van der Waals surface area contributed by atoms with Crippen LogP contribution in [0.3, 0.4) is 0 Å². The lowest BCUT2D eigenvalue weighted by Gasteiger charge is -2.09. The molecule has 1 aromatic rings. The molecular formula is C8H9N3O. The van der Waals surface area contributed by atoms with Crippen LogP contribution < -0.4 is 15.6 Å². The first-order valence-electron chi connectivity index (χ1n) is 3.69. The molecule has 0 bridgehead atoms. The largest absolute Gasteiger partial charge is 0.454 e. The van der Waals surface area contributed by atoms with Crippen LogP contribution in [-0.2, 0) is 0 Å². The van der Waals surface area contributed by atoms with Crippen molar-refractivity contribution in [1.29, 1.82) is 0 Å². The molecule has 4 heteroatoms. The van der Waals surface area contributed by atoms with Crippen molar-refractivity contribution in [2.75, 3.05) is 0 Å². The maximum Gasteiger partial charge on any atom is 0.264 e. The van der Waals surface area contributed by atoms with Gasteiger partial charge < -0.3 is 10.2 Å². The summed E-state index contributed by atoms with van der Waals surface area (Å²) in [6.45, 7) is 0. The summed E-state index contributed by atoms with van der Waals surface area (Å²) in [5.74, 6) is 0.802. The highest BCUT2D eigenvalue weighted by Gasteiger charge is 2.08. The summed E-state index contributed by atoms with van der Waals surface area (Å²) < 4.78 is 5.40. The van der Waals surface area contributed by atoms with Gasteiger partial charge in [-0.2, -0.15) is 5.43 Å². The Bertz CT molecular complexity index is 273. The molecule has 1 heterocycles. The number of ether oxygens (including phenoxy) is 1. The van der Waals surface area contributed by atoms with E-state index in [0.29, 0.717) is 0 Å². The van der Waals surface area contributed by atoms with Gasteiger partial charge in [0.25, 0.3) is 6.35 Å². The fourth-order valence-electron chi connectivity index (χ4n) is 0.939. The van der Waals surface area contributed by atoms with Crippen LogP contribution in [0.25, 0.3) is 0 Å². The van der Waals surface area contributed by atoms with Crippen molar-refractivity contribution in [2.45, 2.75) is 6.35 Å². The van der Waals surface area contributed by atoms with E-state index in [9.17, 15) is 0 Å². The van der Waals surface area contributed by atoms with Gasteiger partial charge in [-0.15, -0.1) is 0 Å². The fraction of sp³-hybridized carbons (Fsp3) is 0.125. The minimum Gasteiger partial charge on any atom is -0.454 e. The van der Waals surface area contributed by atoms with Crippen LogP contribution in [0.2, 0.25) is 0 Å². The van der Waals surface area contributed by atoms with Crippen molar-refractivity contribution in [3.05, 3.63) is 30.3 Å². The maximum atomic E-state index is 5.40. The topological polar surface area (TPSA) is 45.6 Å². The monoisotopic (exact) mass is 163 g/mol. The van der Waals surface area contributed by atoms with E-state index in [1.165, 1.54) is 0 Å². The van der Waals surface area contributed by atoms with Crippen LogP contribution in [0.5, 0.6) is 5.75 Å². The van der Waals surface area contributed by atoms with Gasteiger partial charge in [0.2, 0.25) is 0 Å². The average Bonchev–Trinajstić information content (AvgIpc) is 2.59. The zero-order valence-electron chi connectivity index (χ0n) is 6.40. The number of nitrogens with one attached hydrogen (secondary N) is 2. The van der Waals surface area contributed by atoms with E-state index in [-0.39, 0.29) is 6.35 Å². The molecule has 0 aliphatic carbocycles. The van der Waals surface area contributed by atoms with E-state index < -0.39 is 0 Å². The Labute approximate surface area is 70.2 Å². The van der Waals surface area contributed by atoms with Gasteiger partial charge in [0.15, 0.2) is 0 Å². The Morgan fingerprint density at radius 3 is 2.75 bits per heavy atom. The highest BCUT2D eigenvalue weighted by Crippen LogP contribution is 2.10. The summed E-state index contributed by atoms with van der Waals surface area (Å²) in [4.78, 5) is 3.96. The number of aliphatic imine (C=N–C) groups is 1. The molecule has 2 N–H and O–H groups in total. The van der Waals surface area contributed by atoms with E-state index in [1.807, 2.05) is 30.3 Å². The van der Waals surface area contributed by atoms with Crippen LogP contribution in [0.15, 0.2) is 35.3 Å². The molecule has 1 unspecified atom stereocenters. The average molecular weight is 163 g/mol. The van der Waals surface area contributed by atoms with E-state index in [4.69, 9.17) is 4.74 Å². The van der Waals surface area contributed by atoms with Crippen molar-refractivity contribution in [2.24, 2.45) is 4.99 Å². The van der Waals surface area contributed by atoms with E-state index in [0.717, 1.165) is 5.75 Å². The van der Waals surface area contributed by atoms with Gasteiger partial charge in [0.05, 0.1) is 0 Å². The molecule has 1 atom stereocenters. The van der Waals surface area contributed by atoms with Gasteiger partial charge >= 0.3 is 0 Å². The standard InChI is InChI=1S/C8H9N3O/c1-2-4-7(5-3-1)12-8-9-6-10-11-8/h1-6,8,11H,(H,9,10). The van der Waals surface area contributed by atoms with Crippen LogP contribution in [0, 0.1) is 0 Å². The molecular weight excluding hydrogens is 154 g/mol. The molecule has 12 heavy (non-hydrogen) atoms. The first-order valence-corrected chi connectivity index (χ1v) is 3.69. The Balaban J connectivity index is 1.99. The Morgan fingerprint density at radius 2 is 2.08 bits per heavy atom. The minimum absolute atomic E-state index is 0.313. The molecule has 0 radical (unpaired) electrons. The lowest BCUT2D eigenvalue weighted by atomic mass is 10.3. The summed E-state index contributed by atoms with van der Waals surface area (Å²) in [6, 6.07) is 9.55. The first kappa shape index (κ1) is 7.12. The van der Waals surface area contributed by atoms with Crippen molar-refractivity contribution >= 4 is 6.34 Å². The van der Waals surface area contributed by atoms with Gasteiger partial charge in [-0.25, -0.2) is 4.99 Å². The molecule has 2 rings (SSSR count). The second-order valence-electron chi connectivity index (χ2n) is 2.35. The molecule has 1 aliphatic heterocycles. The van der Waals surface area contributed by atoms with Crippen molar-refractivity contribution in [3.63, 3.8) is 0 Å². The molecule has 62 valence electrons. The third-order valence-corrected chi connectivity index (χ3v) is 1.47. The predicted octanol–water partition coefficient (Wildman–Crippen LogP) is 0.485. The van der Waals surface area contributed by atoms with Gasteiger partial charge in [0, 0.05) is 0 Å². The normalized spacial score (nSPS) is 20.5. The highest BCUT2D eigenvalue weighted by atomic mass is 16.5. The zero-order valence-corrected chi connectivity index (χ0v) is 6.40. The summed E-state index contributed by atoms with van der Waals surface area (Å²) in [7, 11) is 0. The second-order valence-corrected chi connectivity index (χ2v) is 2.35. The van der Waals surface area contributed by atoms with Crippen LogP contribution in [0.4, 0.5) is 0 Å². The minimum atomic E-state index is -0.313.